The van der Waals surface area contributed by atoms with Crippen molar-refractivity contribution in [1.82, 2.24) is 0 Å². The van der Waals surface area contributed by atoms with Crippen LogP contribution < -0.4 is 4.74 Å². The largest absolute Gasteiger partial charge is 0.507 e. The molecule has 1 aromatic rings. The van der Waals surface area contributed by atoms with Gasteiger partial charge in [-0.05, 0) is 44.7 Å². The van der Waals surface area contributed by atoms with E-state index in [1.54, 1.807) is 13.8 Å². The first kappa shape index (κ1) is 20.1. The Labute approximate surface area is 145 Å². The summed E-state index contributed by atoms with van der Waals surface area (Å²) in [6.45, 7) is 11.2. The average molecular weight is 334 g/mol. The Balaban J connectivity index is 3.06. The molecular weight excluding hydrogens is 304 g/mol. The maximum Gasteiger partial charge on any atom is 0.339 e. The first-order valence-corrected chi connectivity index (χ1v) is 8.68. The van der Waals surface area contributed by atoms with E-state index in [1.165, 1.54) is 19.3 Å². The van der Waals surface area contributed by atoms with Gasteiger partial charge in [0.15, 0.2) is 0 Å². The van der Waals surface area contributed by atoms with Gasteiger partial charge < -0.3 is 14.9 Å². The van der Waals surface area contributed by atoms with Crippen molar-refractivity contribution in [2.24, 2.45) is 0 Å². The van der Waals surface area contributed by atoms with Crippen molar-refractivity contribution >= 4 is 5.97 Å². The van der Waals surface area contributed by atoms with E-state index in [1.807, 2.05) is 13.0 Å². The number of carbonyl (C=O) groups is 1. The smallest absolute Gasteiger partial charge is 0.339 e. The molecule has 4 heteroatoms. The molecule has 24 heavy (non-hydrogen) atoms. The third-order valence-corrected chi connectivity index (χ3v) is 4.52. The summed E-state index contributed by atoms with van der Waals surface area (Å²) >= 11 is 0. The standard InChI is InChI=1S/C20H30O4/c1-6-8-9-10-12-16(11-7-2)24-19-14(4)13(3)17(20(22)23)18(21)15(19)5/h7,16,21H,2,6,8-12H2,1,3-5H3,(H,22,23). The van der Waals surface area contributed by atoms with Gasteiger partial charge in [-0.25, -0.2) is 4.79 Å². The molecule has 1 aromatic carbocycles. The third-order valence-electron chi connectivity index (χ3n) is 4.52. The third kappa shape index (κ3) is 4.76. The monoisotopic (exact) mass is 334 g/mol. The van der Waals surface area contributed by atoms with Crippen LogP contribution in [-0.4, -0.2) is 22.3 Å². The van der Waals surface area contributed by atoms with Crippen LogP contribution in [0.5, 0.6) is 11.5 Å². The summed E-state index contributed by atoms with van der Waals surface area (Å²) in [6, 6.07) is 0. The zero-order chi connectivity index (χ0) is 18.3. The highest BCUT2D eigenvalue weighted by molar-refractivity contribution is 5.94. The van der Waals surface area contributed by atoms with E-state index in [4.69, 9.17) is 4.74 Å². The van der Waals surface area contributed by atoms with Gasteiger partial charge in [-0.3, -0.25) is 0 Å². The molecule has 134 valence electrons. The van der Waals surface area contributed by atoms with Crippen LogP contribution in [0.25, 0.3) is 0 Å². The van der Waals surface area contributed by atoms with Gasteiger partial charge in [0.2, 0.25) is 0 Å². The summed E-state index contributed by atoms with van der Waals surface area (Å²) in [7, 11) is 0. The number of carboxylic acid groups (broad SMARTS) is 1. The Bertz CT molecular complexity index is 561. The number of hydrogen-bond acceptors (Lipinski definition) is 3. The number of benzene rings is 1. The molecule has 1 rings (SSSR count). The normalized spacial score (nSPS) is 12.0. The Morgan fingerprint density at radius 3 is 2.38 bits per heavy atom. The van der Waals surface area contributed by atoms with Crippen molar-refractivity contribution in [3.63, 3.8) is 0 Å². The second-order valence-electron chi connectivity index (χ2n) is 6.35. The molecule has 0 bridgehead atoms. The maximum atomic E-state index is 11.4. The Kier molecular flexibility index (Phi) is 7.83. The molecule has 0 aliphatic rings. The van der Waals surface area contributed by atoms with Crippen LogP contribution in [0.2, 0.25) is 0 Å². The molecule has 0 fully saturated rings. The van der Waals surface area contributed by atoms with Crippen molar-refractivity contribution in [2.75, 3.05) is 0 Å². The van der Waals surface area contributed by atoms with Crippen molar-refractivity contribution in [2.45, 2.75) is 72.3 Å². The van der Waals surface area contributed by atoms with Crippen molar-refractivity contribution in [3.8, 4) is 11.5 Å². The minimum Gasteiger partial charge on any atom is -0.507 e. The SMILES string of the molecule is C=CCC(CCCCCC)Oc1c(C)c(C)c(C(=O)O)c(O)c1C. The van der Waals surface area contributed by atoms with Crippen LogP contribution in [0.3, 0.4) is 0 Å². The van der Waals surface area contributed by atoms with Crippen LogP contribution in [0, 0.1) is 20.8 Å². The van der Waals surface area contributed by atoms with E-state index in [-0.39, 0.29) is 17.4 Å². The van der Waals surface area contributed by atoms with Crippen molar-refractivity contribution < 1.29 is 19.7 Å². The van der Waals surface area contributed by atoms with E-state index in [9.17, 15) is 15.0 Å². The first-order valence-electron chi connectivity index (χ1n) is 8.68. The fourth-order valence-corrected chi connectivity index (χ4v) is 2.93. The lowest BCUT2D eigenvalue weighted by atomic mass is 9.96. The number of aromatic hydroxyl groups is 1. The summed E-state index contributed by atoms with van der Waals surface area (Å²) in [5.41, 5.74) is 1.76. The Morgan fingerprint density at radius 2 is 1.83 bits per heavy atom. The molecule has 0 saturated carbocycles. The Morgan fingerprint density at radius 1 is 1.17 bits per heavy atom. The zero-order valence-electron chi connectivity index (χ0n) is 15.3. The molecule has 1 unspecified atom stereocenters. The van der Waals surface area contributed by atoms with Gasteiger partial charge in [-0.2, -0.15) is 0 Å². The molecule has 2 N–H and O–H groups in total. The highest BCUT2D eigenvalue weighted by Crippen LogP contribution is 2.38. The van der Waals surface area contributed by atoms with E-state index < -0.39 is 5.97 Å². The van der Waals surface area contributed by atoms with Gasteiger partial charge in [-0.1, -0.05) is 32.3 Å². The minimum absolute atomic E-state index is 0.00812. The Hall–Kier alpha value is -1.97. The molecule has 1 atom stereocenters. The van der Waals surface area contributed by atoms with E-state index in [0.717, 1.165) is 24.8 Å². The van der Waals surface area contributed by atoms with Gasteiger partial charge in [0, 0.05) is 12.0 Å². The number of unbranched alkanes of at least 4 members (excludes halogenated alkanes) is 3. The zero-order valence-corrected chi connectivity index (χ0v) is 15.3. The van der Waals surface area contributed by atoms with Crippen LogP contribution >= 0.6 is 0 Å². The molecule has 0 radical (unpaired) electrons. The second kappa shape index (κ2) is 9.36. The van der Waals surface area contributed by atoms with Crippen LogP contribution in [0.1, 0.15) is 72.5 Å². The van der Waals surface area contributed by atoms with Gasteiger partial charge >= 0.3 is 5.97 Å². The second-order valence-corrected chi connectivity index (χ2v) is 6.35. The lowest BCUT2D eigenvalue weighted by Crippen LogP contribution is -2.18. The topological polar surface area (TPSA) is 66.8 Å². The molecule has 0 aliphatic heterocycles. The van der Waals surface area contributed by atoms with Crippen LogP contribution in [0.4, 0.5) is 0 Å². The van der Waals surface area contributed by atoms with Crippen LogP contribution in [0.15, 0.2) is 12.7 Å². The molecule has 0 amide bonds. The van der Waals surface area contributed by atoms with Gasteiger partial charge in [0.25, 0.3) is 0 Å². The number of aromatic carboxylic acids is 1. The molecule has 0 heterocycles. The summed E-state index contributed by atoms with van der Waals surface area (Å²) < 4.78 is 6.17. The number of rotatable bonds is 10. The summed E-state index contributed by atoms with van der Waals surface area (Å²) in [5.74, 6) is -0.730. The molecule has 0 aliphatic carbocycles. The van der Waals surface area contributed by atoms with Gasteiger partial charge in [0.1, 0.15) is 23.2 Å². The lowest BCUT2D eigenvalue weighted by Gasteiger charge is -2.23. The van der Waals surface area contributed by atoms with Crippen LogP contribution in [-0.2, 0) is 0 Å². The predicted molar refractivity (Wildman–Crippen MR) is 97.3 cm³/mol. The summed E-state index contributed by atoms with van der Waals surface area (Å²) in [4.78, 5) is 11.4. The van der Waals surface area contributed by atoms with Crippen molar-refractivity contribution in [3.05, 3.63) is 34.9 Å². The summed E-state index contributed by atoms with van der Waals surface area (Å²) in [5, 5.41) is 19.6. The maximum absolute atomic E-state index is 11.4. The lowest BCUT2D eigenvalue weighted by molar-refractivity contribution is 0.0692. The number of hydrogen-bond donors (Lipinski definition) is 2. The molecule has 0 spiro atoms. The fraction of sp³-hybridized carbons (Fsp3) is 0.550. The van der Waals surface area contributed by atoms with E-state index in [0.29, 0.717) is 16.9 Å². The number of phenols is 1. The van der Waals surface area contributed by atoms with Gasteiger partial charge in [0.05, 0.1) is 0 Å². The molecule has 0 aromatic heterocycles. The van der Waals surface area contributed by atoms with E-state index in [2.05, 4.69) is 13.5 Å². The highest BCUT2D eigenvalue weighted by Gasteiger charge is 2.23. The summed E-state index contributed by atoms with van der Waals surface area (Å²) in [6.07, 6.45) is 8.15. The molecular formula is C20H30O4. The average Bonchev–Trinajstić information content (AvgIpc) is 2.53. The number of carboxylic acids is 1. The highest BCUT2D eigenvalue weighted by atomic mass is 16.5. The number of ether oxygens (including phenoxy) is 1. The van der Waals surface area contributed by atoms with Crippen molar-refractivity contribution in [1.29, 1.82) is 0 Å². The van der Waals surface area contributed by atoms with Gasteiger partial charge in [-0.15, -0.1) is 6.58 Å². The predicted octanol–water partition coefficient (Wildman–Crippen LogP) is 5.31. The fourth-order valence-electron chi connectivity index (χ4n) is 2.93. The minimum atomic E-state index is -1.12. The first-order chi connectivity index (χ1) is 11.3. The quantitative estimate of drug-likeness (QED) is 0.449. The molecule has 0 saturated heterocycles. The molecule has 4 nitrogen and oxygen atoms in total. The van der Waals surface area contributed by atoms with E-state index >= 15 is 0 Å².